The molecule has 2 aromatic heterocycles. The molecule has 2 unspecified atom stereocenters. The number of benzene rings is 2. The molecule has 0 saturated carbocycles. The second-order valence-electron chi connectivity index (χ2n) is 15.7. The summed E-state index contributed by atoms with van der Waals surface area (Å²) >= 11 is 0. The summed E-state index contributed by atoms with van der Waals surface area (Å²) in [5.74, 6) is 0.0895. The number of aromatic amines is 2. The maximum Gasteiger partial charge on any atom is 0.411 e. The number of amides is 5. The number of alkyl carbamates (subject to hydrolysis) is 2. The molecule has 17 heteroatoms. The molecule has 17 nitrogen and oxygen atoms in total. The van der Waals surface area contributed by atoms with E-state index < -0.39 is 42.4 Å². The molecule has 4 heterocycles. The van der Waals surface area contributed by atoms with E-state index in [-0.39, 0.29) is 43.0 Å². The van der Waals surface area contributed by atoms with Crippen molar-refractivity contribution in [3.63, 3.8) is 0 Å². The first-order chi connectivity index (χ1) is 28.7. The van der Waals surface area contributed by atoms with E-state index in [2.05, 4.69) is 30.6 Å². The zero-order valence-electron chi connectivity index (χ0n) is 35.1. The summed E-state index contributed by atoms with van der Waals surface area (Å²) in [5.41, 5.74) is 5.30. The van der Waals surface area contributed by atoms with Gasteiger partial charge in [0.1, 0.15) is 35.8 Å². The van der Waals surface area contributed by atoms with Gasteiger partial charge < -0.3 is 44.6 Å². The van der Waals surface area contributed by atoms with Gasteiger partial charge in [-0.25, -0.2) is 24.4 Å². The Bertz CT molecular complexity index is 2200. The van der Waals surface area contributed by atoms with Crippen molar-refractivity contribution < 1.29 is 38.2 Å². The number of H-pyrrole nitrogens is 2. The van der Waals surface area contributed by atoms with Gasteiger partial charge in [0.15, 0.2) is 0 Å². The highest BCUT2D eigenvalue weighted by Gasteiger charge is 2.43. The van der Waals surface area contributed by atoms with Crippen molar-refractivity contribution in [1.82, 2.24) is 45.3 Å². The van der Waals surface area contributed by atoms with E-state index >= 15 is 0 Å². The molecule has 4 aromatic rings. The number of carbonyl (C=O) groups is 5. The Kier molecular flexibility index (Phi) is 13.2. The quantitative estimate of drug-likeness (QED) is 0.0966. The number of rotatable bonds is 12. The Balaban J connectivity index is 1.15. The lowest BCUT2D eigenvalue weighted by molar-refractivity contribution is -0.136. The van der Waals surface area contributed by atoms with Crippen molar-refractivity contribution in [3.05, 3.63) is 84.7 Å². The predicted molar refractivity (Wildman–Crippen MR) is 222 cm³/mol. The molecule has 0 radical (unpaired) electrons. The fraction of sp³-hybridized carbons (Fsp3) is 0.419. The topological polar surface area (TPSA) is 204 Å². The largest absolute Gasteiger partial charge is 0.453 e. The average Bonchev–Trinajstić information content (AvgIpc) is 4.07. The summed E-state index contributed by atoms with van der Waals surface area (Å²) in [6.45, 7) is 11.4. The van der Waals surface area contributed by atoms with Gasteiger partial charge in [-0.2, -0.15) is 0 Å². The average molecular weight is 824 g/mol. The van der Waals surface area contributed by atoms with Gasteiger partial charge in [-0.05, 0) is 47.9 Å². The van der Waals surface area contributed by atoms with E-state index in [1.807, 2.05) is 88.4 Å². The minimum atomic E-state index is -0.895. The molecule has 6 rings (SSSR count). The van der Waals surface area contributed by atoms with Crippen LogP contribution in [-0.2, 0) is 23.8 Å². The van der Waals surface area contributed by atoms with Crippen LogP contribution in [0.25, 0.3) is 33.6 Å². The van der Waals surface area contributed by atoms with E-state index in [0.717, 1.165) is 33.6 Å². The van der Waals surface area contributed by atoms with E-state index in [1.165, 1.54) is 24.0 Å². The molecule has 2 aliphatic rings. The second kappa shape index (κ2) is 18.5. The molecule has 0 bridgehead atoms. The fourth-order valence-corrected chi connectivity index (χ4v) is 7.23. The van der Waals surface area contributed by atoms with Crippen LogP contribution in [0, 0.1) is 11.8 Å². The van der Waals surface area contributed by atoms with Gasteiger partial charge in [0.25, 0.3) is 0 Å². The highest BCUT2D eigenvalue weighted by atomic mass is 16.6. The third kappa shape index (κ3) is 9.45. The molecule has 0 spiro atoms. The van der Waals surface area contributed by atoms with Crippen LogP contribution in [0.15, 0.2) is 73.1 Å². The predicted octanol–water partition coefficient (Wildman–Crippen LogP) is 6.02. The minimum absolute atomic E-state index is 0.0415. The number of imidazole rings is 2. The normalized spacial score (nSPS) is 17.3. The van der Waals surface area contributed by atoms with Crippen molar-refractivity contribution in [1.29, 1.82) is 0 Å². The van der Waals surface area contributed by atoms with Crippen molar-refractivity contribution in [2.75, 3.05) is 34.0 Å². The van der Waals surface area contributed by atoms with Crippen LogP contribution in [0.2, 0.25) is 0 Å². The zero-order chi connectivity index (χ0) is 43.2. The summed E-state index contributed by atoms with van der Waals surface area (Å²) in [6.07, 6.45) is 4.99. The Morgan fingerprint density at radius 3 is 1.63 bits per heavy atom. The highest BCUT2D eigenvalue weighted by molar-refractivity contribution is 5.88. The van der Waals surface area contributed by atoms with Crippen LogP contribution >= 0.6 is 0 Å². The number of methoxy groups -OCH3 is 2. The fourth-order valence-electron chi connectivity index (χ4n) is 7.23. The monoisotopic (exact) mass is 823 g/mol. The first-order valence-electron chi connectivity index (χ1n) is 19.9. The molecule has 1 saturated heterocycles. The Hall–Kier alpha value is -6.65. The van der Waals surface area contributed by atoms with Crippen LogP contribution in [-0.4, -0.2) is 117 Å². The zero-order valence-corrected chi connectivity index (χ0v) is 35.1. The molecule has 5 amide bonds. The number of hydrogen-bond donors (Lipinski definition) is 4. The Labute approximate surface area is 348 Å². The number of ether oxygens (including phenoxy) is 3. The van der Waals surface area contributed by atoms with Crippen LogP contribution in [0.3, 0.4) is 0 Å². The maximum absolute atomic E-state index is 13.9. The van der Waals surface area contributed by atoms with Crippen molar-refractivity contribution in [2.24, 2.45) is 11.8 Å². The lowest BCUT2D eigenvalue weighted by Gasteiger charge is -2.29. The van der Waals surface area contributed by atoms with Gasteiger partial charge in [0, 0.05) is 6.54 Å². The SMILES string of the molecule is COC(=O)N[C@H](C(=O)N1CC=CC1c1ncc(-c2ccc(-c3ccc(-c4cnc(C5CN(C(=O)OC(C)C)CN5C(=O)[C@@H](NC(=O)OC)C(C)C)[nH]4)cc3)cc2)[nH]1)C(C)C. The van der Waals surface area contributed by atoms with E-state index in [9.17, 15) is 24.0 Å². The number of nitrogens with zero attached hydrogens (tertiary/aromatic N) is 5. The molecule has 4 atom stereocenters. The van der Waals surface area contributed by atoms with Crippen LogP contribution in [0.1, 0.15) is 65.3 Å². The summed E-state index contributed by atoms with van der Waals surface area (Å²) in [6, 6.07) is 13.4. The van der Waals surface area contributed by atoms with Gasteiger partial charge >= 0.3 is 18.3 Å². The first kappa shape index (κ1) is 42.9. The lowest BCUT2D eigenvalue weighted by atomic mass is 10.0. The maximum atomic E-state index is 13.9. The van der Waals surface area contributed by atoms with Gasteiger partial charge in [-0.3, -0.25) is 14.5 Å². The van der Waals surface area contributed by atoms with Crippen molar-refractivity contribution in [2.45, 2.75) is 71.8 Å². The van der Waals surface area contributed by atoms with Crippen LogP contribution in [0.5, 0.6) is 0 Å². The smallest absolute Gasteiger partial charge is 0.411 e. The van der Waals surface area contributed by atoms with E-state index in [4.69, 9.17) is 14.2 Å². The summed E-state index contributed by atoms with van der Waals surface area (Å²) in [7, 11) is 2.50. The molecule has 1 fully saturated rings. The number of hydrogen-bond acceptors (Lipinski definition) is 10. The number of carbonyl (C=O) groups excluding carboxylic acids is 5. The second-order valence-corrected chi connectivity index (χ2v) is 15.7. The molecule has 4 N–H and O–H groups in total. The van der Waals surface area contributed by atoms with Crippen molar-refractivity contribution in [3.8, 4) is 33.6 Å². The van der Waals surface area contributed by atoms with Crippen molar-refractivity contribution >= 4 is 30.1 Å². The third-order valence-corrected chi connectivity index (χ3v) is 10.5. The molecule has 0 aliphatic carbocycles. The van der Waals surface area contributed by atoms with Crippen LogP contribution in [0.4, 0.5) is 14.4 Å². The van der Waals surface area contributed by atoms with Crippen LogP contribution < -0.4 is 10.6 Å². The molecule has 318 valence electrons. The van der Waals surface area contributed by atoms with Gasteiger partial charge in [0.2, 0.25) is 11.8 Å². The van der Waals surface area contributed by atoms with E-state index in [0.29, 0.717) is 18.2 Å². The lowest BCUT2D eigenvalue weighted by Crippen LogP contribution is -2.51. The van der Waals surface area contributed by atoms with Gasteiger partial charge in [-0.15, -0.1) is 0 Å². The third-order valence-electron chi connectivity index (χ3n) is 10.5. The highest BCUT2D eigenvalue weighted by Crippen LogP contribution is 2.33. The summed E-state index contributed by atoms with van der Waals surface area (Å²) < 4.78 is 14.9. The molecule has 60 heavy (non-hydrogen) atoms. The number of nitrogens with one attached hydrogen (secondary N) is 4. The van der Waals surface area contributed by atoms with Gasteiger partial charge in [0.05, 0.1) is 57.3 Å². The minimum Gasteiger partial charge on any atom is -0.453 e. The molecule has 2 aliphatic heterocycles. The molecule has 2 aromatic carbocycles. The Morgan fingerprint density at radius 1 is 0.683 bits per heavy atom. The number of aromatic nitrogens is 4. The van der Waals surface area contributed by atoms with Gasteiger partial charge in [-0.1, -0.05) is 88.4 Å². The molecular weight excluding hydrogens is 771 g/mol. The van der Waals surface area contributed by atoms with E-state index in [1.54, 1.807) is 31.1 Å². The summed E-state index contributed by atoms with van der Waals surface area (Å²) in [4.78, 5) is 85.1. The molecular formula is C43H53N9O8. The Morgan fingerprint density at radius 2 is 1.15 bits per heavy atom. The standard InChI is InChI=1S/C43H53N9O8/c1-24(2)35(48-41(55)58-7)39(53)51-19-9-10-33(51)37-44-20-31(46-37)29-15-11-27(12-16-29)28-13-17-30(18-14-28)32-21-45-38(47-32)34-22-50(43(57)60-26(5)6)23-52(34)40(54)36(25(3)4)49-42(56)59-8/h9-18,20-21,24-26,33-36H,19,22-23H2,1-8H3,(H,44,46)(H,45,47)(H,48,55)(H,49,56)/t33?,34?,35-,36-/m0/s1. The summed E-state index contributed by atoms with van der Waals surface area (Å²) in [5, 5.41) is 5.29. The first-order valence-corrected chi connectivity index (χ1v) is 19.9.